The van der Waals surface area contributed by atoms with E-state index in [0.29, 0.717) is 17.4 Å². The van der Waals surface area contributed by atoms with E-state index in [4.69, 9.17) is 4.74 Å². The molecule has 104 valence electrons. The fourth-order valence-corrected chi connectivity index (χ4v) is 2.79. The number of nitrogens with one attached hydrogen (secondary N) is 2. The van der Waals surface area contributed by atoms with Crippen molar-refractivity contribution < 1.29 is 9.53 Å². The third-order valence-electron chi connectivity index (χ3n) is 3.19. The lowest BCUT2D eigenvalue weighted by atomic mass is 10.2. The number of aryl methyl sites for hydroxylation is 2. The molecule has 0 saturated carbocycles. The average Bonchev–Trinajstić information content (AvgIpc) is 2.76. The number of rotatable bonds is 2. The third kappa shape index (κ3) is 2.46. The van der Waals surface area contributed by atoms with E-state index in [-0.39, 0.29) is 5.91 Å². The topological polar surface area (TPSA) is 63.2 Å². The van der Waals surface area contributed by atoms with Crippen molar-refractivity contribution >= 4 is 28.1 Å². The van der Waals surface area contributed by atoms with Crippen LogP contribution in [-0.4, -0.2) is 23.5 Å². The summed E-state index contributed by atoms with van der Waals surface area (Å²) in [6, 6.07) is 7.58. The Morgan fingerprint density at radius 2 is 2.25 bits per heavy atom. The van der Waals surface area contributed by atoms with Gasteiger partial charge in [0.1, 0.15) is 5.75 Å². The molecule has 1 aliphatic heterocycles. The minimum Gasteiger partial charge on any atom is -0.477 e. The number of aromatic nitrogens is 1. The molecule has 6 heteroatoms. The zero-order chi connectivity index (χ0) is 14.1. The molecule has 5 nitrogen and oxygen atoms in total. The van der Waals surface area contributed by atoms with E-state index in [0.717, 1.165) is 16.3 Å². The van der Waals surface area contributed by atoms with Gasteiger partial charge in [-0.15, -0.1) is 11.3 Å². The Kier molecular flexibility index (Phi) is 3.31. The molecule has 0 spiro atoms. The van der Waals surface area contributed by atoms with Gasteiger partial charge in [-0.1, -0.05) is 12.1 Å². The van der Waals surface area contributed by atoms with Crippen LogP contribution in [-0.2, 0) is 4.79 Å². The Hall–Kier alpha value is -2.08. The molecule has 0 saturated heterocycles. The number of para-hydroxylation sites is 2. The van der Waals surface area contributed by atoms with Crippen molar-refractivity contribution in [2.24, 2.45) is 0 Å². The van der Waals surface area contributed by atoms with Gasteiger partial charge in [0.15, 0.2) is 11.2 Å². The molecule has 1 aromatic heterocycles. The highest BCUT2D eigenvalue weighted by atomic mass is 32.1. The number of carbonyl (C=O) groups excluding carboxylic acids is 1. The zero-order valence-corrected chi connectivity index (χ0v) is 12.1. The zero-order valence-electron chi connectivity index (χ0n) is 11.3. The summed E-state index contributed by atoms with van der Waals surface area (Å²) in [7, 11) is 0. The number of nitrogens with zero attached hydrogens (tertiary/aromatic N) is 1. The predicted molar refractivity (Wildman–Crippen MR) is 79.6 cm³/mol. The van der Waals surface area contributed by atoms with E-state index >= 15 is 0 Å². The second-order valence-electron chi connectivity index (χ2n) is 4.63. The molecule has 0 radical (unpaired) electrons. The Morgan fingerprint density at radius 1 is 1.45 bits per heavy atom. The lowest BCUT2D eigenvalue weighted by molar-refractivity contribution is -0.122. The minimum absolute atomic E-state index is 0.180. The molecule has 1 unspecified atom stereocenters. The van der Waals surface area contributed by atoms with Crippen LogP contribution in [0.4, 0.5) is 10.8 Å². The van der Waals surface area contributed by atoms with Gasteiger partial charge < -0.3 is 10.1 Å². The molecule has 0 bridgehead atoms. The van der Waals surface area contributed by atoms with Gasteiger partial charge in [0.2, 0.25) is 0 Å². The number of hydrogen-bond donors (Lipinski definition) is 2. The van der Waals surface area contributed by atoms with Crippen LogP contribution in [0.15, 0.2) is 24.3 Å². The van der Waals surface area contributed by atoms with Crippen molar-refractivity contribution in [1.82, 2.24) is 4.98 Å². The number of ether oxygens (including phenoxy) is 1. The number of benzene rings is 1. The van der Waals surface area contributed by atoms with Crippen LogP contribution in [0.2, 0.25) is 0 Å². The first-order valence-electron chi connectivity index (χ1n) is 6.38. The fourth-order valence-electron chi connectivity index (χ4n) is 1.97. The lowest BCUT2D eigenvalue weighted by Crippen LogP contribution is -2.41. The largest absolute Gasteiger partial charge is 0.477 e. The van der Waals surface area contributed by atoms with Crippen LogP contribution >= 0.6 is 11.3 Å². The molecule has 1 aliphatic rings. The van der Waals surface area contributed by atoms with Crippen LogP contribution in [0.1, 0.15) is 10.6 Å². The third-order valence-corrected chi connectivity index (χ3v) is 4.17. The average molecular weight is 289 g/mol. The Bertz CT molecular complexity index is 634. The molecule has 2 N–H and O–H groups in total. The van der Waals surface area contributed by atoms with E-state index < -0.39 is 6.10 Å². The van der Waals surface area contributed by atoms with Gasteiger partial charge in [0.25, 0.3) is 5.91 Å². The molecular weight excluding hydrogens is 274 g/mol. The van der Waals surface area contributed by atoms with Crippen molar-refractivity contribution in [2.75, 3.05) is 17.2 Å². The van der Waals surface area contributed by atoms with Gasteiger partial charge >= 0.3 is 0 Å². The number of fused-ring (bicyclic) bond motifs is 1. The standard InChI is InChI=1S/C14H15N3O2S/c1-8-9(2)20-14(16-8)17-13(18)12-7-15-10-5-3-4-6-11(10)19-12/h3-6,12,15H,7H2,1-2H3,(H,16,17,18). The molecule has 2 heterocycles. The SMILES string of the molecule is Cc1nc(NC(=O)C2CNc3ccccc3O2)sc1C. The second-order valence-corrected chi connectivity index (χ2v) is 5.84. The van der Waals surface area contributed by atoms with Crippen molar-refractivity contribution in [3.05, 3.63) is 34.8 Å². The van der Waals surface area contributed by atoms with Gasteiger partial charge in [-0.3, -0.25) is 10.1 Å². The van der Waals surface area contributed by atoms with Crippen LogP contribution < -0.4 is 15.4 Å². The molecule has 20 heavy (non-hydrogen) atoms. The molecule has 2 aromatic rings. The van der Waals surface area contributed by atoms with E-state index in [1.165, 1.54) is 11.3 Å². The molecule has 1 atom stereocenters. The second kappa shape index (κ2) is 5.13. The van der Waals surface area contributed by atoms with Crippen molar-refractivity contribution in [2.45, 2.75) is 20.0 Å². The van der Waals surface area contributed by atoms with Crippen LogP contribution in [0.25, 0.3) is 0 Å². The minimum atomic E-state index is -0.547. The van der Waals surface area contributed by atoms with Crippen LogP contribution in [0.5, 0.6) is 5.75 Å². The first-order chi connectivity index (χ1) is 9.63. The summed E-state index contributed by atoms with van der Waals surface area (Å²) < 4.78 is 5.71. The molecule has 1 amide bonds. The van der Waals surface area contributed by atoms with Crippen molar-refractivity contribution in [1.29, 1.82) is 0 Å². The summed E-state index contributed by atoms with van der Waals surface area (Å²) in [6.07, 6.45) is -0.547. The van der Waals surface area contributed by atoms with E-state index in [1.54, 1.807) is 0 Å². The lowest BCUT2D eigenvalue weighted by Gasteiger charge is -2.26. The number of hydrogen-bond acceptors (Lipinski definition) is 5. The van der Waals surface area contributed by atoms with Gasteiger partial charge in [-0.2, -0.15) is 0 Å². The van der Waals surface area contributed by atoms with Gasteiger partial charge in [-0.25, -0.2) is 4.98 Å². The first kappa shape index (κ1) is 12.9. The van der Waals surface area contributed by atoms with E-state index in [2.05, 4.69) is 15.6 Å². The molecular formula is C14H15N3O2S. The molecule has 0 aliphatic carbocycles. The monoisotopic (exact) mass is 289 g/mol. The van der Waals surface area contributed by atoms with Crippen LogP contribution in [0.3, 0.4) is 0 Å². The molecule has 0 fully saturated rings. The van der Waals surface area contributed by atoms with E-state index in [1.807, 2.05) is 38.1 Å². The van der Waals surface area contributed by atoms with Gasteiger partial charge in [0, 0.05) is 4.88 Å². The van der Waals surface area contributed by atoms with E-state index in [9.17, 15) is 4.79 Å². The smallest absolute Gasteiger partial charge is 0.269 e. The summed E-state index contributed by atoms with van der Waals surface area (Å²) in [5, 5.41) is 6.62. The highest BCUT2D eigenvalue weighted by molar-refractivity contribution is 7.15. The maximum Gasteiger partial charge on any atom is 0.269 e. The Morgan fingerprint density at radius 3 is 3.00 bits per heavy atom. The Labute approximate surface area is 121 Å². The quantitative estimate of drug-likeness (QED) is 0.892. The van der Waals surface area contributed by atoms with Crippen molar-refractivity contribution in [3.63, 3.8) is 0 Å². The molecule has 3 rings (SSSR count). The summed E-state index contributed by atoms with van der Waals surface area (Å²) in [4.78, 5) is 17.6. The normalized spacial score (nSPS) is 16.8. The predicted octanol–water partition coefficient (Wildman–Crippen LogP) is 2.57. The maximum atomic E-state index is 12.2. The summed E-state index contributed by atoms with van der Waals surface area (Å²) >= 11 is 1.47. The summed E-state index contributed by atoms with van der Waals surface area (Å²) in [5.41, 5.74) is 1.86. The van der Waals surface area contributed by atoms with Gasteiger partial charge in [0.05, 0.1) is 17.9 Å². The summed E-state index contributed by atoms with van der Waals surface area (Å²) in [5.74, 6) is 0.520. The van der Waals surface area contributed by atoms with Crippen molar-refractivity contribution in [3.8, 4) is 5.75 Å². The number of amides is 1. The summed E-state index contributed by atoms with van der Waals surface area (Å²) in [6.45, 7) is 4.36. The highest BCUT2D eigenvalue weighted by Crippen LogP contribution is 2.29. The number of carbonyl (C=O) groups is 1. The number of thiazole rings is 1. The number of anilines is 2. The molecule has 1 aromatic carbocycles. The Balaban J connectivity index is 1.70. The maximum absolute atomic E-state index is 12.2. The first-order valence-corrected chi connectivity index (χ1v) is 7.19. The fraction of sp³-hybridized carbons (Fsp3) is 0.286. The highest BCUT2D eigenvalue weighted by Gasteiger charge is 2.26. The van der Waals surface area contributed by atoms with Crippen LogP contribution in [0, 0.1) is 13.8 Å². The van der Waals surface area contributed by atoms with Gasteiger partial charge in [-0.05, 0) is 26.0 Å².